The monoisotopic (exact) mass is 336 g/mol. The van der Waals surface area contributed by atoms with Crippen LogP contribution < -0.4 is 10.6 Å². The van der Waals surface area contributed by atoms with E-state index in [1.54, 1.807) is 23.2 Å². The number of primary amides is 1. The van der Waals surface area contributed by atoms with Gasteiger partial charge >= 0.3 is 0 Å². The Morgan fingerprint density at radius 3 is 2.75 bits per heavy atom. The highest BCUT2D eigenvalue weighted by Crippen LogP contribution is 2.22. The Morgan fingerprint density at radius 1 is 1.46 bits per heavy atom. The molecule has 2 amide bonds. The van der Waals surface area contributed by atoms with Crippen LogP contribution in [0.2, 0.25) is 0 Å². The van der Waals surface area contributed by atoms with Crippen molar-refractivity contribution in [3.63, 3.8) is 0 Å². The molecule has 0 aliphatic carbocycles. The van der Waals surface area contributed by atoms with Crippen molar-refractivity contribution in [3.8, 4) is 0 Å². The van der Waals surface area contributed by atoms with Crippen LogP contribution in [0.5, 0.6) is 0 Å². The van der Waals surface area contributed by atoms with Gasteiger partial charge in [0.25, 0.3) is 5.91 Å². The van der Waals surface area contributed by atoms with E-state index in [0.29, 0.717) is 18.7 Å². The zero-order valence-electron chi connectivity index (χ0n) is 14.3. The average molecular weight is 336 g/mol. The van der Waals surface area contributed by atoms with Crippen LogP contribution in [0.4, 0.5) is 5.82 Å². The maximum atomic E-state index is 12.8. The SMILES string of the molecule is COC1(CC(N)=O)COCCN(C(=O)c2ccc(N(C)C)nc2)C1. The number of carbonyl (C=O) groups is 2. The molecule has 0 saturated carbocycles. The Bertz CT molecular complexity index is 590. The Morgan fingerprint density at radius 2 is 2.21 bits per heavy atom. The van der Waals surface area contributed by atoms with Crippen molar-refractivity contribution in [1.82, 2.24) is 9.88 Å². The Kier molecular flexibility index (Phi) is 5.74. The molecule has 2 heterocycles. The molecule has 1 aromatic rings. The molecule has 24 heavy (non-hydrogen) atoms. The van der Waals surface area contributed by atoms with Gasteiger partial charge in [-0.3, -0.25) is 9.59 Å². The average Bonchev–Trinajstić information content (AvgIpc) is 2.77. The predicted molar refractivity (Wildman–Crippen MR) is 88.8 cm³/mol. The first-order chi connectivity index (χ1) is 11.4. The van der Waals surface area contributed by atoms with Gasteiger partial charge in [0.15, 0.2) is 0 Å². The van der Waals surface area contributed by atoms with E-state index in [1.807, 2.05) is 19.0 Å². The molecule has 1 saturated heterocycles. The Balaban J connectivity index is 2.19. The lowest BCUT2D eigenvalue weighted by Gasteiger charge is -2.33. The second-order valence-electron chi connectivity index (χ2n) is 6.11. The van der Waals surface area contributed by atoms with Crippen LogP contribution in [0.3, 0.4) is 0 Å². The van der Waals surface area contributed by atoms with Gasteiger partial charge in [-0.25, -0.2) is 4.98 Å². The van der Waals surface area contributed by atoms with Gasteiger partial charge in [-0.1, -0.05) is 0 Å². The van der Waals surface area contributed by atoms with Gasteiger partial charge in [-0.2, -0.15) is 0 Å². The summed E-state index contributed by atoms with van der Waals surface area (Å²) < 4.78 is 11.0. The van der Waals surface area contributed by atoms with Crippen LogP contribution in [0.1, 0.15) is 16.8 Å². The third-order valence-corrected chi connectivity index (χ3v) is 4.02. The van der Waals surface area contributed by atoms with Crippen LogP contribution in [0.15, 0.2) is 18.3 Å². The number of aromatic nitrogens is 1. The predicted octanol–water partition coefficient (Wildman–Crippen LogP) is -0.119. The Hall–Kier alpha value is -2.19. The molecule has 1 fully saturated rings. The first-order valence-electron chi connectivity index (χ1n) is 7.71. The molecular formula is C16H24N4O4. The molecule has 2 N–H and O–H groups in total. The second kappa shape index (κ2) is 7.59. The minimum Gasteiger partial charge on any atom is -0.377 e. The largest absolute Gasteiger partial charge is 0.377 e. The summed E-state index contributed by atoms with van der Waals surface area (Å²) in [6, 6.07) is 3.52. The maximum absolute atomic E-state index is 12.8. The molecule has 1 aliphatic heterocycles. The van der Waals surface area contributed by atoms with Crippen molar-refractivity contribution < 1.29 is 19.1 Å². The van der Waals surface area contributed by atoms with E-state index in [9.17, 15) is 9.59 Å². The topological polar surface area (TPSA) is 98.0 Å². The number of nitrogens with zero attached hydrogens (tertiary/aromatic N) is 3. The van der Waals surface area contributed by atoms with Crippen LogP contribution in [-0.4, -0.2) is 74.8 Å². The first kappa shape index (κ1) is 18.2. The normalized spacial score (nSPS) is 21.2. The van der Waals surface area contributed by atoms with Crippen molar-refractivity contribution in [2.24, 2.45) is 5.73 Å². The molecule has 1 aliphatic rings. The summed E-state index contributed by atoms with van der Waals surface area (Å²) >= 11 is 0. The highest BCUT2D eigenvalue weighted by Gasteiger charge is 2.38. The molecule has 1 aromatic heterocycles. The molecule has 2 rings (SSSR count). The number of carbonyl (C=O) groups excluding carboxylic acids is 2. The number of methoxy groups -OCH3 is 1. The van der Waals surface area contributed by atoms with Gasteiger partial charge in [-0.15, -0.1) is 0 Å². The first-order valence-corrected chi connectivity index (χ1v) is 7.71. The van der Waals surface area contributed by atoms with Gasteiger partial charge in [0, 0.05) is 33.9 Å². The third kappa shape index (κ3) is 4.21. The summed E-state index contributed by atoms with van der Waals surface area (Å²) in [4.78, 5) is 31.9. The fraction of sp³-hybridized carbons (Fsp3) is 0.562. The Labute approximate surface area is 141 Å². The van der Waals surface area contributed by atoms with Gasteiger partial charge < -0.3 is 25.0 Å². The molecular weight excluding hydrogens is 312 g/mol. The highest BCUT2D eigenvalue weighted by atomic mass is 16.5. The summed E-state index contributed by atoms with van der Waals surface area (Å²) in [5, 5.41) is 0. The molecule has 1 atom stereocenters. The minimum atomic E-state index is -0.922. The van der Waals surface area contributed by atoms with E-state index < -0.39 is 11.5 Å². The third-order valence-electron chi connectivity index (χ3n) is 4.02. The number of hydrogen-bond donors (Lipinski definition) is 1. The lowest BCUT2D eigenvalue weighted by atomic mass is 9.99. The highest BCUT2D eigenvalue weighted by molar-refractivity contribution is 5.94. The van der Waals surface area contributed by atoms with Crippen LogP contribution in [-0.2, 0) is 14.3 Å². The van der Waals surface area contributed by atoms with E-state index in [1.165, 1.54) is 7.11 Å². The number of nitrogens with two attached hydrogens (primary N) is 1. The fourth-order valence-corrected chi connectivity index (χ4v) is 2.66. The molecule has 0 radical (unpaired) electrons. The van der Waals surface area contributed by atoms with Gasteiger partial charge in [0.1, 0.15) is 11.4 Å². The number of rotatable bonds is 5. The number of hydrogen-bond acceptors (Lipinski definition) is 6. The van der Waals surface area contributed by atoms with E-state index in [2.05, 4.69) is 4.98 Å². The summed E-state index contributed by atoms with van der Waals surface area (Å²) in [6.07, 6.45) is 1.54. The summed E-state index contributed by atoms with van der Waals surface area (Å²) in [5.74, 6) is 0.0988. The zero-order chi connectivity index (χ0) is 17.7. The van der Waals surface area contributed by atoms with Crippen LogP contribution in [0.25, 0.3) is 0 Å². The van der Waals surface area contributed by atoms with Crippen molar-refractivity contribution in [2.45, 2.75) is 12.0 Å². The summed E-state index contributed by atoms with van der Waals surface area (Å²) in [5.41, 5.74) is 4.88. The minimum absolute atomic E-state index is 0.00883. The van der Waals surface area contributed by atoms with Crippen molar-refractivity contribution in [3.05, 3.63) is 23.9 Å². The molecule has 1 unspecified atom stereocenters. The number of ether oxygens (including phenoxy) is 2. The summed E-state index contributed by atoms with van der Waals surface area (Å²) in [6.45, 7) is 1.24. The molecule has 0 bridgehead atoms. The number of pyridine rings is 1. The van der Waals surface area contributed by atoms with Crippen LogP contribution >= 0.6 is 0 Å². The number of anilines is 1. The van der Waals surface area contributed by atoms with Crippen LogP contribution in [0, 0.1) is 0 Å². The van der Waals surface area contributed by atoms with E-state index >= 15 is 0 Å². The smallest absolute Gasteiger partial charge is 0.255 e. The van der Waals surface area contributed by atoms with Crippen molar-refractivity contribution >= 4 is 17.6 Å². The lowest BCUT2D eigenvalue weighted by Crippen LogP contribution is -2.50. The molecule has 0 aromatic carbocycles. The second-order valence-corrected chi connectivity index (χ2v) is 6.11. The fourth-order valence-electron chi connectivity index (χ4n) is 2.66. The number of amides is 2. The van der Waals surface area contributed by atoms with Gasteiger partial charge in [0.05, 0.1) is 31.7 Å². The van der Waals surface area contributed by atoms with Gasteiger partial charge in [-0.05, 0) is 12.1 Å². The van der Waals surface area contributed by atoms with E-state index in [-0.39, 0.29) is 25.5 Å². The van der Waals surface area contributed by atoms with E-state index in [4.69, 9.17) is 15.2 Å². The van der Waals surface area contributed by atoms with Crippen molar-refractivity contribution in [1.29, 1.82) is 0 Å². The van der Waals surface area contributed by atoms with Crippen molar-refractivity contribution in [2.75, 3.05) is 52.4 Å². The quantitative estimate of drug-likeness (QED) is 0.805. The maximum Gasteiger partial charge on any atom is 0.255 e. The standard InChI is InChI=1S/C16H24N4O4/c1-19(2)14-5-4-12(9-18-14)15(22)20-6-7-24-11-16(10-20,23-3)8-13(17)21/h4-5,9H,6-8,10-11H2,1-3H3,(H2,17,21). The summed E-state index contributed by atoms with van der Waals surface area (Å²) in [7, 11) is 5.26. The van der Waals surface area contributed by atoms with Gasteiger partial charge in [0.2, 0.25) is 5.91 Å². The lowest BCUT2D eigenvalue weighted by molar-refractivity contribution is -0.129. The molecule has 0 spiro atoms. The zero-order valence-corrected chi connectivity index (χ0v) is 14.3. The molecule has 132 valence electrons. The van der Waals surface area contributed by atoms with E-state index in [0.717, 1.165) is 5.82 Å². The molecule has 8 nitrogen and oxygen atoms in total. The molecule has 8 heteroatoms.